The second-order valence-electron chi connectivity index (χ2n) is 5.71. The van der Waals surface area contributed by atoms with E-state index in [0.29, 0.717) is 0 Å². The molecular formula is C14H25N3O4. The first kappa shape index (κ1) is 17.4. The third kappa shape index (κ3) is 7.08. The summed E-state index contributed by atoms with van der Waals surface area (Å²) in [5, 5.41) is 13.8. The first-order chi connectivity index (χ1) is 9.88. The summed E-state index contributed by atoms with van der Waals surface area (Å²) in [7, 11) is 0. The van der Waals surface area contributed by atoms with Gasteiger partial charge in [-0.2, -0.15) is 0 Å². The minimum Gasteiger partial charge on any atom is -0.481 e. The van der Waals surface area contributed by atoms with Gasteiger partial charge in [0.15, 0.2) is 0 Å². The fourth-order valence-electron chi connectivity index (χ4n) is 2.40. The Morgan fingerprint density at radius 1 is 1.24 bits per heavy atom. The number of nitrogens with zero attached hydrogens (tertiary/aromatic N) is 1. The molecule has 1 aliphatic carbocycles. The molecule has 21 heavy (non-hydrogen) atoms. The van der Waals surface area contributed by atoms with Crippen LogP contribution >= 0.6 is 0 Å². The number of hydrogen-bond donors (Lipinski definition) is 3. The highest BCUT2D eigenvalue weighted by atomic mass is 16.4. The van der Waals surface area contributed by atoms with E-state index < -0.39 is 17.9 Å². The average molecular weight is 299 g/mol. The zero-order chi connectivity index (χ0) is 15.8. The number of carboxylic acids is 1. The average Bonchev–Trinajstić information content (AvgIpc) is 2.86. The van der Waals surface area contributed by atoms with Crippen LogP contribution in [0.1, 0.15) is 46.0 Å². The van der Waals surface area contributed by atoms with E-state index in [1.54, 1.807) is 4.90 Å². The van der Waals surface area contributed by atoms with Gasteiger partial charge in [0.05, 0.1) is 13.0 Å². The van der Waals surface area contributed by atoms with Crippen LogP contribution in [0.4, 0.5) is 4.79 Å². The maximum Gasteiger partial charge on any atom is 0.321 e. The summed E-state index contributed by atoms with van der Waals surface area (Å²) in [4.78, 5) is 35.8. The van der Waals surface area contributed by atoms with Crippen LogP contribution in [0.3, 0.4) is 0 Å². The van der Waals surface area contributed by atoms with E-state index in [2.05, 4.69) is 10.6 Å². The number of nitrogens with one attached hydrogen (secondary N) is 2. The molecule has 0 aromatic carbocycles. The normalized spacial score (nSPS) is 15.4. The van der Waals surface area contributed by atoms with Gasteiger partial charge in [-0.05, 0) is 26.7 Å². The van der Waals surface area contributed by atoms with Crippen molar-refractivity contribution in [1.82, 2.24) is 15.5 Å². The molecule has 0 atom stereocenters. The molecule has 0 radical (unpaired) electrons. The lowest BCUT2D eigenvalue weighted by Crippen LogP contribution is -2.48. The molecular weight excluding hydrogens is 274 g/mol. The van der Waals surface area contributed by atoms with E-state index >= 15 is 0 Å². The Morgan fingerprint density at radius 3 is 2.38 bits per heavy atom. The summed E-state index contributed by atoms with van der Waals surface area (Å²) in [5.74, 6) is -1.32. The number of urea groups is 1. The third-order valence-corrected chi connectivity index (χ3v) is 3.63. The molecule has 7 heteroatoms. The predicted molar refractivity (Wildman–Crippen MR) is 77.9 cm³/mol. The Kier molecular flexibility index (Phi) is 7.14. The van der Waals surface area contributed by atoms with Gasteiger partial charge in [0.1, 0.15) is 0 Å². The molecule has 1 fully saturated rings. The highest BCUT2D eigenvalue weighted by Crippen LogP contribution is 2.17. The predicted octanol–water partition coefficient (Wildman–Crippen LogP) is 0.940. The van der Waals surface area contributed by atoms with Crippen LogP contribution in [0.25, 0.3) is 0 Å². The monoisotopic (exact) mass is 299 g/mol. The van der Waals surface area contributed by atoms with E-state index in [1.165, 1.54) is 0 Å². The summed E-state index contributed by atoms with van der Waals surface area (Å²) in [5.41, 5.74) is 0. The number of carbonyl (C=O) groups is 3. The molecule has 0 aromatic heterocycles. The van der Waals surface area contributed by atoms with E-state index in [4.69, 9.17) is 5.11 Å². The Balaban J connectivity index is 2.34. The van der Waals surface area contributed by atoms with Gasteiger partial charge in [-0.1, -0.05) is 12.8 Å². The lowest BCUT2D eigenvalue weighted by atomic mass is 10.2. The van der Waals surface area contributed by atoms with Gasteiger partial charge in [-0.3, -0.25) is 19.8 Å². The van der Waals surface area contributed by atoms with Gasteiger partial charge >= 0.3 is 12.0 Å². The van der Waals surface area contributed by atoms with Gasteiger partial charge < -0.3 is 10.4 Å². The van der Waals surface area contributed by atoms with E-state index in [1.807, 2.05) is 13.8 Å². The summed E-state index contributed by atoms with van der Waals surface area (Å²) in [6.45, 7) is 4.06. The molecule has 3 amide bonds. The SMILES string of the molecule is CC(C)N(CCC(=O)O)CC(=O)NC(=O)NC1CCCC1. The van der Waals surface area contributed by atoms with E-state index in [0.717, 1.165) is 25.7 Å². The lowest BCUT2D eigenvalue weighted by molar-refractivity contribution is -0.138. The number of aliphatic carboxylic acids is 1. The molecule has 1 rings (SSSR count). The molecule has 0 aromatic rings. The first-order valence-corrected chi connectivity index (χ1v) is 7.44. The van der Waals surface area contributed by atoms with Gasteiger partial charge in [0, 0.05) is 18.6 Å². The largest absolute Gasteiger partial charge is 0.481 e. The Morgan fingerprint density at radius 2 is 1.86 bits per heavy atom. The number of rotatable bonds is 7. The minimum atomic E-state index is -0.903. The van der Waals surface area contributed by atoms with Crippen molar-refractivity contribution in [2.45, 2.75) is 58.0 Å². The fraction of sp³-hybridized carbons (Fsp3) is 0.786. The quantitative estimate of drug-likeness (QED) is 0.650. The fourth-order valence-corrected chi connectivity index (χ4v) is 2.40. The Labute approximate surface area is 125 Å². The van der Waals surface area contributed by atoms with Crippen LogP contribution < -0.4 is 10.6 Å². The van der Waals surface area contributed by atoms with Crippen molar-refractivity contribution in [2.24, 2.45) is 0 Å². The van der Waals surface area contributed by atoms with Crippen molar-refractivity contribution in [3.05, 3.63) is 0 Å². The highest BCUT2D eigenvalue weighted by Gasteiger charge is 2.20. The first-order valence-electron chi connectivity index (χ1n) is 7.44. The van der Waals surface area contributed by atoms with Crippen LogP contribution in [0, 0.1) is 0 Å². The molecule has 0 heterocycles. The summed E-state index contributed by atoms with van der Waals surface area (Å²) in [6, 6.07) is -0.271. The summed E-state index contributed by atoms with van der Waals surface area (Å²) < 4.78 is 0. The van der Waals surface area contributed by atoms with Crippen molar-refractivity contribution in [1.29, 1.82) is 0 Å². The van der Waals surface area contributed by atoms with Gasteiger partial charge in [-0.15, -0.1) is 0 Å². The third-order valence-electron chi connectivity index (χ3n) is 3.63. The van der Waals surface area contributed by atoms with Crippen LogP contribution in [-0.2, 0) is 9.59 Å². The molecule has 0 bridgehead atoms. The maximum atomic E-state index is 11.8. The summed E-state index contributed by atoms with van der Waals surface area (Å²) >= 11 is 0. The molecule has 7 nitrogen and oxygen atoms in total. The highest BCUT2D eigenvalue weighted by molar-refractivity contribution is 5.95. The Hall–Kier alpha value is -1.63. The zero-order valence-corrected chi connectivity index (χ0v) is 12.7. The molecule has 3 N–H and O–H groups in total. The second-order valence-corrected chi connectivity index (χ2v) is 5.71. The standard InChI is InChI=1S/C14H25N3O4/c1-10(2)17(8-7-13(19)20)9-12(18)16-14(21)15-11-5-3-4-6-11/h10-11H,3-9H2,1-2H3,(H,19,20)(H2,15,16,18,21). The lowest BCUT2D eigenvalue weighted by Gasteiger charge is -2.25. The van der Waals surface area contributed by atoms with Crippen LogP contribution in [0.15, 0.2) is 0 Å². The smallest absolute Gasteiger partial charge is 0.321 e. The molecule has 0 saturated heterocycles. The number of carboxylic acid groups (broad SMARTS) is 1. The van der Waals surface area contributed by atoms with Crippen molar-refractivity contribution in [3.8, 4) is 0 Å². The van der Waals surface area contributed by atoms with Gasteiger partial charge in [0.25, 0.3) is 0 Å². The van der Waals surface area contributed by atoms with Gasteiger partial charge in [0.2, 0.25) is 5.91 Å². The maximum absolute atomic E-state index is 11.8. The number of hydrogen-bond acceptors (Lipinski definition) is 4. The molecule has 0 spiro atoms. The Bertz CT molecular complexity index is 378. The second kappa shape index (κ2) is 8.61. The number of carbonyl (C=O) groups excluding carboxylic acids is 2. The van der Waals surface area contributed by atoms with Crippen LogP contribution in [0.5, 0.6) is 0 Å². The number of amides is 3. The van der Waals surface area contributed by atoms with Crippen LogP contribution in [-0.4, -0.2) is 53.1 Å². The van der Waals surface area contributed by atoms with E-state index in [-0.39, 0.29) is 31.6 Å². The topological polar surface area (TPSA) is 98.7 Å². The van der Waals surface area contributed by atoms with Crippen LogP contribution in [0.2, 0.25) is 0 Å². The summed E-state index contributed by atoms with van der Waals surface area (Å²) in [6.07, 6.45) is 4.10. The van der Waals surface area contributed by atoms with Crippen molar-refractivity contribution < 1.29 is 19.5 Å². The van der Waals surface area contributed by atoms with Crippen molar-refractivity contribution in [2.75, 3.05) is 13.1 Å². The minimum absolute atomic E-state index is 0.0169. The zero-order valence-electron chi connectivity index (χ0n) is 12.7. The van der Waals surface area contributed by atoms with Crippen molar-refractivity contribution in [3.63, 3.8) is 0 Å². The molecule has 120 valence electrons. The molecule has 0 aliphatic heterocycles. The molecule has 1 saturated carbocycles. The van der Waals surface area contributed by atoms with E-state index in [9.17, 15) is 14.4 Å². The molecule has 0 unspecified atom stereocenters. The molecule has 1 aliphatic rings. The van der Waals surface area contributed by atoms with Gasteiger partial charge in [-0.25, -0.2) is 4.79 Å². The van der Waals surface area contributed by atoms with Crippen molar-refractivity contribution >= 4 is 17.9 Å². The number of imide groups is 1.